The Morgan fingerprint density at radius 3 is 2.33 bits per heavy atom. The zero-order valence-electron chi connectivity index (χ0n) is 20.5. The highest BCUT2D eigenvalue weighted by Crippen LogP contribution is 2.33. The first-order valence-corrected chi connectivity index (χ1v) is 12.4. The van der Waals surface area contributed by atoms with E-state index < -0.39 is 38.7 Å². The number of carbonyl (C=O) groups excluding carboxylic acids is 2. The van der Waals surface area contributed by atoms with Crippen LogP contribution in [0.5, 0.6) is 0 Å². The Hall–Kier alpha value is -3.93. The fourth-order valence-corrected chi connectivity index (χ4v) is 5.04. The van der Waals surface area contributed by atoms with Crippen molar-refractivity contribution >= 4 is 38.7 Å². The van der Waals surface area contributed by atoms with Gasteiger partial charge in [0.1, 0.15) is 11.6 Å². The fourth-order valence-electron chi connectivity index (χ4n) is 3.65. The number of ether oxygens (including phenoxy) is 2. The number of rotatable bonds is 7. The number of benzene rings is 2. The Labute approximate surface area is 208 Å². The Kier molecular flexibility index (Phi) is 7.39. The molecule has 192 valence electrons. The van der Waals surface area contributed by atoms with Crippen LogP contribution in [-0.2, 0) is 30.7 Å². The van der Waals surface area contributed by atoms with Crippen molar-refractivity contribution in [1.29, 1.82) is 0 Å². The minimum absolute atomic E-state index is 0.0144. The average Bonchev–Trinajstić information content (AvgIpc) is 3.16. The number of fused-ring (bicyclic) bond motifs is 1. The molecule has 36 heavy (non-hydrogen) atoms. The number of aromatic nitrogens is 1. The Bertz CT molecular complexity index is 1420. The van der Waals surface area contributed by atoms with Crippen LogP contribution < -0.4 is 5.32 Å². The molecule has 0 spiro atoms. The quantitative estimate of drug-likeness (QED) is 0.283. The average molecular weight is 518 g/mol. The van der Waals surface area contributed by atoms with E-state index in [0.29, 0.717) is 0 Å². The van der Waals surface area contributed by atoms with Crippen LogP contribution in [0.1, 0.15) is 31.9 Å². The van der Waals surface area contributed by atoms with Crippen LogP contribution in [0.25, 0.3) is 10.9 Å². The van der Waals surface area contributed by atoms with Gasteiger partial charge in [-0.15, -0.1) is 0 Å². The van der Waals surface area contributed by atoms with Crippen molar-refractivity contribution in [3.8, 4) is 0 Å². The number of hydrogen-bond donors (Lipinski definition) is 1. The molecule has 2 aromatic carbocycles. The first-order valence-electron chi connectivity index (χ1n) is 10.9. The van der Waals surface area contributed by atoms with E-state index in [1.165, 1.54) is 36.5 Å². The second-order valence-electron chi connectivity index (χ2n) is 9.12. The smallest absolute Gasteiger partial charge is 0.408 e. The summed E-state index contributed by atoms with van der Waals surface area (Å²) >= 11 is 0. The number of nitrogens with one attached hydrogen (secondary N) is 1. The van der Waals surface area contributed by atoms with Crippen molar-refractivity contribution in [1.82, 2.24) is 9.29 Å². The summed E-state index contributed by atoms with van der Waals surface area (Å²) in [4.78, 5) is 36.0. The SMILES string of the molecule is COC(=O)[C@@H](Cc1cn(S(=O)(=O)c2ccc(C)cc2)c2cccc([N+](=O)[O-])c12)NC(=O)OC(C)(C)C. The molecule has 1 amide bonds. The van der Waals surface area contributed by atoms with Gasteiger partial charge in [0, 0.05) is 18.7 Å². The molecular formula is C24H27N3O8S. The van der Waals surface area contributed by atoms with Gasteiger partial charge in [0.05, 0.1) is 27.8 Å². The van der Waals surface area contributed by atoms with Crippen molar-refractivity contribution in [3.05, 3.63) is 69.9 Å². The lowest BCUT2D eigenvalue weighted by Gasteiger charge is -2.22. The molecule has 0 aliphatic carbocycles. The number of non-ortho nitro benzene ring substituents is 1. The van der Waals surface area contributed by atoms with Gasteiger partial charge in [-0.1, -0.05) is 23.8 Å². The molecule has 0 fully saturated rings. The predicted octanol–water partition coefficient (Wildman–Crippen LogP) is 3.70. The van der Waals surface area contributed by atoms with Crippen LogP contribution in [0.15, 0.2) is 53.6 Å². The Morgan fingerprint density at radius 2 is 1.78 bits per heavy atom. The number of nitro groups is 1. The second kappa shape index (κ2) is 9.97. The van der Waals surface area contributed by atoms with E-state index >= 15 is 0 Å². The summed E-state index contributed by atoms with van der Waals surface area (Å²) in [5.41, 5.74) is -0.125. The number of esters is 1. The van der Waals surface area contributed by atoms with Gasteiger partial charge < -0.3 is 14.8 Å². The summed E-state index contributed by atoms with van der Waals surface area (Å²) in [6, 6.07) is 8.91. The van der Waals surface area contributed by atoms with Gasteiger partial charge in [0.25, 0.3) is 15.7 Å². The molecule has 0 aliphatic heterocycles. The highest BCUT2D eigenvalue weighted by atomic mass is 32.2. The van der Waals surface area contributed by atoms with Crippen molar-refractivity contribution in [2.75, 3.05) is 7.11 Å². The van der Waals surface area contributed by atoms with E-state index in [1.807, 2.05) is 6.92 Å². The van der Waals surface area contributed by atoms with Crippen LogP contribution in [0.2, 0.25) is 0 Å². The van der Waals surface area contributed by atoms with Crippen LogP contribution in [0, 0.1) is 17.0 Å². The van der Waals surface area contributed by atoms with E-state index in [1.54, 1.807) is 32.9 Å². The van der Waals surface area contributed by atoms with Gasteiger partial charge in [-0.2, -0.15) is 0 Å². The molecule has 0 radical (unpaired) electrons. The molecule has 1 aromatic heterocycles. The molecule has 12 heteroatoms. The van der Waals surface area contributed by atoms with Crippen LogP contribution in [-0.4, -0.2) is 48.1 Å². The first kappa shape index (κ1) is 26.7. The zero-order valence-corrected chi connectivity index (χ0v) is 21.3. The van der Waals surface area contributed by atoms with Crippen LogP contribution >= 0.6 is 0 Å². The van der Waals surface area contributed by atoms with E-state index in [2.05, 4.69) is 5.32 Å². The first-order chi connectivity index (χ1) is 16.7. The van der Waals surface area contributed by atoms with Crippen LogP contribution in [0.3, 0.4) is 0 Å². The van der Waals surface area contributed by atoms with Gasteiger partial charge in [-0.3, -0.25) is 10.1 Å². The maximum atomic E-state index is 13.5. The number of methoxy groups -OCH3 is 1. The predicted molar refractivity (Wildman–Crippen MR) is 131 cm³/mol. The largest absolute Gasteiger partial charge is 0.467 e. The Balaban J connectivity index is 2.16. The second-order valence-corrected chi connectivity index (χ2v) is 10.9. The summed E-state index contributed by atoms with van der Waals surface area (Å²) in [5.74, 6) is -0.832. The molecule has 0 bridgehead atoms. The molecule has 1 atom stereocenters. The number of alkyl carbamates (subject to hydrolysis) is 1. The molecule has 11 nitrogen and oxygen atoms in total. The van der Waals surface area contributed by atoms with Crippen molar-refractivity contribution in [2.24, 2.45) is 0 Å². The molecular weight excluding hydrogens is 490 g/mol. The number of aryl methyl sites for hydroxylation is 1. The highest BCUT2D eigenvalue weighted by Gasteiger charge is 2.31. The molecule has 0 saturated carbocycles. The van der Waals surface area contributed by atoms with Crippen LogP contribution in [0.4, 0.5) is 10.5 Å². The zero-order chi connectivity index (χ0) is 26.8. The summed E-state index contributed by atoms with van der Waals surface area (Å²) < 4.78 is 37.9. The third-order valence-corrected chi connectivity index (χ3v) is 6.92. The lowest BCUT2D eigenvalue weighted by molar-refractivity contribution is -0.383. The topological polar surface area (TPSA) is 147 Å². The van der Waals surface area contributed by atoms with Crippen molar-refractivity contribution in [3.63, 3.8) is 0 Å². The molecule has 1 N–H and O–H groups in total. The molecule has 1 heterocycles. The maximum absolute atomic E-state index is 13.5. The summed E-state index contributed by atoms with van der Waals surface area (Å²) in [6.45, 7) is 6.75. The van der Waals surface area contributed by atoms with E-state index in [4.69, 9.17) is 9.47 Å². The normalized spacial score (nSPS) is 12.7. The third kappa shape index (κ3) is 5.65. The van der Waals surface area contributed by atoms with Gasteiger partial charge in [-0.05, 0) is 51.5 Å². The number of amides is 1. The molecule has 0 unspecified atom stereocenters. The maximum Gasteiger partial charge on any atom is 0.408 e. The fraction of sp³-hybridized carbons (Fsp3) is 0.333. The monoisotopic (exact) mass is 517 g/mol. The lowest BCUT2D eigenvalue weighted by atomic mass is 10.0. The molecule has 0 saturated heterocycles. The van der Waals surface area contributed by atoms with Crippen molar-refractivity contribution in [2.45, 2.75) is 50.7 Å². The van der Waals surface area contributed by atoms with Gasteiger partial charge in [-0.25, -0.2) is 22.0 Å². The van der Waals surface area contributed by atoms with E-state index in [9.17, 15) is 28.1 Å². The minimum atomic E-state index is -4.15. The molecule has 3 rings (SSSR count). The standard InChI is InChI=1S/C24H27N3O8S/c1-15-9-11-17(12-10-15)36(32,33)26-14-16(21-19(26)7-6-8-20(21)27(30)31)13-18(22(28)34-5)25-23(29)35-24(2,3)4/h6-12,14,18H,13H2,1-5H3,(H,25,29)/t18-/m1/s1. The van der Waals surface area contributed by atoms with Gasteiger partial charge in [0.15, 0.2) is 0 Å². The van der Waals surface area contributed by atoms with Crippen molar-refractivity contribution < 1.29 is 32.4 Å². The minimum Gasteiger partial charge on any atom is -0.467 e. The number of carbonyl (C=O) groups is 2. The van der Waals surface area contributed by atoms with Gasteiger partial charge >= 0.3 is 12.1 Å². The van der Waals surface area contributed by atoms with Gasteiger partial charge in [0.2, 0.25) is 0 Å². The molecule has 3 aromatic rings. The third-order valence-electron chi connectivity index (χ3n) is 5.23. The van der Waals surface area contributed by atoms with E-state index in [-0.39, 0.29) is 33.5 Å². The number of hydrogen-bond acceptors (Lipinski definition) is 8. The Morgan fingerprint density at radius 1 is 1.14 bits per heavy atom. The highest BCUT2D eigenvalue weighted by molar-refractivity contribution is 7.90. The van der Waals surface area contributed by atoms with E-state index in [0.717, 1.165) is 16.6 Å². The number of nitrogens with zero attached hydrogens (tertiary/aromatic N) is 2. The summed E-state index contributed by atoms with van der Waals surface area (Å²) in [7, 11) is -3.02. The molecule has 0 aliphatic rings. The summed E-state index contributed by atoms with van der Waals surface area (Å²) in [5, 5.41) is 14.2. The lowest BCUT2D eigenvalue weighted by Crippen LogP contribution is -2.45. The summed E-state index contributed by atoms with van der Waals surface area (Å²) in [6.07, 6.45) is 0.0342. The number of nitro benzene ring substituents is 1.